The van der Waals surface area contributed by atoms with Crippen LogP contribution < -0.4 is 0 Å². The summed E-state index contributed by atoms with van der Waals surface area (Å²) in [4.78, 5) is 27.6. The molecule has 1 atom stereocenters. The molecule has 1 saturated heterocycles. The van der Waals surface area contributed by atoms with E-state index < -0.39 is 5.97 Å². The summed E-state index contributed by atoms with van der Waals surface area (Å²) in [5, 5.41) is 8.95. The zero-order valence-electron chi connectivity index (χ0n) is 15.2. The van der Waals surface area contributed by atoms with Gasteiger partial charge in [-0.05, 0) is 53.1 Å². The first-order chi connectivity index (χ1) is 11.3. The van der Waals surface area contributed by atoms with E-state index >= 15 is 0 Å². The van der Waals surface area contributed by atoms with Crippen LogP contribution in [0.25, 0.3) is 0 Å². The summed E-state index contributed by atoms with van der Waals surface area (Å²) in [6.07, 6.45) is 2.66. The molecular formula is C18H29N3O3. The smallest absolute Gasteiger partial charge is 0.317 e. The fourth-order valence-corrected chi connectivity index (χ4v) is 3.74. The third kappa shape index (κ3) is 3.98. The molecule has 134 valence electrons. The summed E-state index contributed by atoms with van der Waals surface area (Å²) < 4.78 is 2.16. The van der Waals surface area contributed by atoms with Gasteiger partial charge in [-0.2, -0.15) is 0 Å². The van der Waals surface area contributed by atoms with E-state index in [-0.39, 0.29) is 18.5 Å². The number of carbonyl (C=O) groups is 2. The highest BCUT2D eigenvalue weighted by Gasteiger charge is 2.26. The van der Waals surface area contributed by atoms with Crippen molar-refractivity contribution in [2.75, 3.05) is 26.7 Å². The average molecular weight is 335 g/mol. The second-order valence-corrected chi connectivity index (χ2v) is 6.71. The average Bonchev–Trinajstić information content (AvgIpc) is 2.69. The number of likely N-dealkylation sites (tertiary alicyclic amines) is 1. The maximum absolute atomic E-state index is 12.9. The number of aromatic nitrogens is 1. The van der Waals surface area contributed by atoms with Gasteiger partial charge in [0.05, 0.1) is 12.1 Å². The molecule has 0 aliphatic carbocycles. The summed E-state index contributed by atoms with van der Waals surface area (Å²) in [6, 6.07) is 2.21. The first kappa shape index (κ1) is 18.5. The number of amides is 1. The second kappa shape index (κ2) is 7.83. The van der Waals surface area contributed by atoms with Crippen LogP contribution in [-0.2, 0) is 11.3 Å². The molecule has 6 heteroatoms. The van der Waals surface area contributed by atoms with Gasteiger partial charge in [0.1, 0.15) is 0 Å². The Morgan fingerprint density at radius 3 is 2.58 bits per heavy atom. The predicted molar refractivity (Wildman–Crippen MR) is 93.4 cm³/mol. The van der Waals surface area contributed by atoms with Gasteiger partial charge in [0.25, 0.3) is 5.91 Å². The van der Waals surface area contributed by atoms with Crippen LogP contribution in [0, 0.1) is 13.8 Å². The summed E-state index contributed by atoms with van der Waals surface area (Å²) in [6.45, 7) is 8.47. The number of carboxylic acids is 1. The van der Waals surface area contributed by atoms with E-state index in [0.717, 1.165) is 49.3 Å². The minimum absolute atomic E-state index is 0.0519. The van der Waals surface area contributed by atoms with Crippen molar-refractivity contribution in [1.82, 2.24) is 14.4 Å². The van der Waals surface area contributed by atoms with Crippen molar-refractivity contribution >= 4 is 11.9 Å². The standard InChI is InChI=1S/C18H29N3O3/c1-5-21-13(2)11-16(14(21)3)18(24)20-9-6-7-15(8-10-20)19(4)12-17(22)23/h11,15H,5-10,12H2,1-4H3,(H,22,23). The van der Waals surface area contributed by atoms with Gasteiger partial charge in [0.15, 0.2) is 0 Å². The molecule has 2 rings (SSSR count). The molecule has 1 aliphatic heterocycles. The highest BCUT2D eigenvalue weighted by molar-refractivity contribution is 5.95. The van der Waals surface area contributed by atoms with Crippen molar-refractivity contribution in [3.05, 3.63) is 23.0 Å². The maximum Gasteiger partial charge on any atom is 0.317 e. The summed E-state index contributed by atoms with van der Waals surface area (Å²) >= 11 is 0. The molecule has 0 radical (unpaired) electrons. The lowest BCUT2D eigenvalue weighted by Crippen LogP contribution is -2.37. The van der Waals surface area contributed by atoms with E-state index in [4.69, 9.17) is 5.11 Å². The lowest BCUT2D eigenvalue weighted by atomic mass is 10.1. The molecule has 1 fully saturated rings. The SMILES string of the molecule is CCn1c(C)cc(C(=O)N2CCCC(N(C)CC(=O)O)CC2)c1C. The van der Waals surface area contributed by atoms with Gasteiger partial charge >= 0.3 is 5.97 Å². The highest BCUT2D eigenvalue weighted by atomic mass is 16.4. The number of hydrogen-bond acceptors (Lipinski definition) is 3. The number of aliphatic carboxylic acids is 1. The van der Waals surface area contributed by atoms with Crippen molar-refractivity contribution in [3.63, 3.8) is 0 Å². The number of nitrogens with zero attached hydrogens (tertiary/aromatic N) is 3. The van der Waals surface area contributed by atoms with Crippen LogP contribution in [-0.4, -0.2) is 64.1 Å². The monoisotopic (exact) mass is 335 g/mol. The second-order valence-electron chi connectivity index (χ2n) is 6.71. The van der Waals surface area contributed by atoms with Crippen LogP contribution in [0.2, 0.25) is 0 Å². The van der Waals surface area contributed by atoms with Gasteiger partial charge < -0.3 is 14.6 Å². The zero-order chi connectivity index (χ0) is 17.9. The Morgan fingerprint density at radius 1 is 1.29 bits per heavy atom. The first-order valence-electron chi connectivity index (χ1n) is 8.73. The van der Waals surface area contributed by atoms with Crippen molar-refractivity contribution in [1.29, 1.82) is 0 Å². The van der Waals surface area contributed by atoms with Crippen LogP contribution in [0.4, 0.5) is 0 Å². The Kier molecular flexibility index (Phi) is 6.04. The number of carbonyl (C=O) groups excluding carboxylic acids is 1. The van der Waals surface area contributed by atoms with E-state index in [9.17, 15) is 9.59 Å². The molecule has 0 saturated carbocycles. The van der Waals surface area contributed by atoms with Gasteiger partial charge in [-0.15, -0.1) is 0 Å². The maximum atomic E-state index is 12.9. The Hall–Kier alpha value is -1.82. The van der Waals surface area contributed by atoms with Gasteiger partial charge in [-0.3, -0.25) is 14.5 Å². The van der Waals surface area contributed by atoms with Crippen molar-refractivity contribution in [3.8, 4) is 0 Å². The van der Waals surface area contributed by atoms with Crippen molar-refractivity contribution in [2.24, 2.45) is 0 Å². The minimum atomic E-state index is -0.804. The van der Waals surface area contributed by atoms with Crippen molar-refractivity contribution in [2.45, 2.75) is 52.6 Å². The zero-order valence-corrected chi connectivity index (χ0v) is 15.2. The van der Waals surface area contributed by atoms with Crippen LogP contribution in [0.15, 0.2) is 6.07 Å². The van der Waals surface area contributed by atoms with Gasteiger partial charge in [0, 0.05) is 37.1 Å². The van der Waals surface area contributed by atoms with Crippen molar-refractivity contribution < 1.29 is 14.7 Å². The molecule has 1 aliphatic rings. The molecule has 1 N–H and O–H groups in total. The molecule has 2 heterocycles. The van der Waals surface area contributed by atoms with Crippen LogP contribution >= 0.6 is 0 Å². The highest BCUT2D eigenvalue weighted by Crippen LogP contribution is 2.21. The number of rotatable bonds is 5. The quantitative estimate of drug-likeness (QED) is 0.895. The molecule has 1 aromatic heterocycles. The first-order valence-corrected chi connectivity index (χ1v) is 8.73. The largest absolute Gasteiger partial charge is 0.480 e. The van der Waals surface area contributed by atoms with E-state index in [1.54, 1.807) is 0 Å². The molecule has 24 heavy (non-hydrogen) atoms. The number of carboxylic acid groups (broad SMARTS) is 1. The summed E-state index contributed by atoms with van der Waals surface area (Å²) in [5.41, 5.74) is 2.95. The summed E-state index contributed by atoms with van der Waals surface area (Å²) in [7, 11) is 1.85. The third-order valence-corrected chi connectivity index (χ3v) is 5.11. The van der Waals surface area contributed by atoms with Gasteiger partial charge in [0.2, 0.25) is 0 Å². The van der Waals surface area contributed by atoms with Gasteiger partial charge in [-0.25, -0.2) is 0 Å². The molecule has 1 aromatic rings. The molecule has 0 bridgehead atoms. The topological polar surface area (TPSA) is 65.8 Å². The lowest BCUT2D eigenvalue weighted by molar-refractivity contribution is -0.138. The molecule has 0 aromatic carbocycles. The van der Waals surface area contributed by atoms with Gasteiger partial charge in [-0.1, -0.05) is 0 Å². The number of likely N-dealkylation sites (N-methyl/N-ethyl adjacent to an activating group) is 1. The lowest BCUT2D eigenvalue weighted by Gasteiger charge is -2.25. The van der Waals surface area contributed by atoms with Crippen LogP contribution in [0.5, 0.6) is 0 Å². The Balaban J connectivity index is 2.06. The Morgan fingerprint density at radius 2 is 2.00 bits per heavy atom. The molecular weight excluding hydrogens is 306 g/mol. The number of hydrogen-bond donors (Lipinski definition) is 1. The van der Waals surface area contributed by atoms with Crippen LogP contribution in [0.1, 0.15) is 47.9 Å². The van der Waals surface area contributed by atoms with E-state index in [0.29, 0.717) is 6.54 Å². The van der Waals surface area contributed by atoms with Crippen LogP contribution in [0.3, 0.4) is 0 Å². The fourth-order valence-electron chi connectivity index (χ4n) is 3.74. The van der Waals surface area contributed by atoms with E-state index in [1.807, 2.05) is 36.8 Å². The van der Waals surface area contributed by atoms with E-state index in [2.05, 4.69) is 11.5 Å². The third-order valence-electron chi connectivity index (χ3n) is 5.11. The Labute approximate surface area is 144 Å². The molecule has 6 nitrogen and oxygen atoms in total. The minimum Gasteiger partial charge on any atom is -0.480 e. The molecule has 1 unspecified atom stereocenters. The summed E-state index contributed by atoms with van der Waals surface area (Å²) in [5.74, 6) is -0.703. The Bertz CT molecular complexity index is 609. The fraction of sp³-hybridized carbons (Fsp3) is 0.667. The number of aryl methyl sites for hydroxylation is 1. The predicted octanol–water partition coefficient (Wildman–Crippen LogP) is 2.14. The molecule has 1 amide bonds. The normalized spacial score (nSPS) is 18.7. The van der Waals surface area contributed by atoms with E-state index in [1.165, 1.54) is 0 Å². The molecule has 0 spiro atoms.